The van der Waals surface area contributed by atoms with E-state index in [1.165, 1.54) is 0 Å². The summed E-state index contributed by atoms with van der Waals surface area (Å²) >= 11 is 0. The van der Waals surface area contributed by atoms with E-state index in [2.05, 4.69) is 10.2 Å². The van der Waals surface area contributed by atoms with E-state index in [1.54, 1.807) is 0 Å². The van der Waals surface area contributed by atoms with E-state index in [4.69, 9.17) is 0 Å². The molecule has 5 nitrogen and oxygen atoms in total. The van der Waals surface area contributed by atoms with Crippen molar-refractivity contribution in [2.75, 3.05) is 32.7 Å². The van der Waals surface area contributed by atoms with Crippen LogP contribution in [-0.2, 0) is 9.59 Å². The highest BCUT2D eigenvalue weighted by Gasteiger charge is 2.23. The van der Waals surface area contributed by atoms with E-state index in [-0.39, 0.29) is 17.9 Å². The van der Waals surface area contributed by atoms with Gasteiger partial charge in [-0.2, -0.15) is 0 Å². The van der Waals surface area contributed by atoms with E-state index in [9.17, 15) is 9.59 Å². The molecule has 0 saturated carbocycles. The van der Waals surface area contributed by atoms with Crippen LogP contribution in [0.3, 0.4) is 0 Å². The number of likely N-dealkylation sites (tertiary alicyclic amines) is 1. The summed E-state index contributed by atoms with van der Waals surface area (Å²) in [6.45, 7) is 9.60. The van der Waals surface area contributed by atoms with Gasteiger partial charge >= 0.3 is 0 Å². The van der Waals surface area contributed by atoms with Crippen LogP contribution in [0.25, 0.3) is 0 Å². The second-order valence-electron chi connectivity index (χ2n) is 5.06. The lowest BCUT2D eigenvalue weighted by atomic mass is 10.1. The third-order valence-electron chi connectivity index (χ3n) is 3.67. The van der Waals surface area contributed by atoms with Crippen LogP contribution in [0.15, 0.2) is 0 Å². The number of carbonyl (C=O) groups excluding carboxylic acids is 2. The molecule has 0 radical (unpaired) electrons. The van der Waals surface area contributed by atoms with Crippen LogP contribution in [0.1, 0.15) is 40.0 Å². The van der Waals surface area contributed by atoms with Crippen molar-refractivity contribution in [1.82, 2.24) is 15.1 Å². The van der Waals surface area contributed by atoms with Gasteiger partial charge in [0.1, 0.15) is 0 Å². The Morgan fingerprint density at radius 2 is 1.95 bits per heavy atom. The van der Waals surface area contributed by atoms with Crippen LogP contribution >= 0.6 is 0 Å². The molecular formula is C14H27N3O2. The minimum absolute atomic E-state index is 0.0990. The molecule has 0 spiro atoms. The largest absolute Gasteiger partial charge is 0.352 e. The molecule has 110 valence electrons. The first-order valence-corrected chi connectivity index (χ1v) is 7.40. The Morgan fingerprint density at radius 1 is 1.26 bits per heavy atom. The van der Waals surface area contributed by atoms with Crippen LogP contribution in [-0.4, -0.2) is 60.4 Å². The van der Waals surface area contributed by atoms with Gasteiger partial charge in [0.2, 0.25) is 11.8 Å². The Labute approximate surface area is 116 Å². The van der Waals surface area contributed by atoms with Gasteiger partial charge in [-0.15, -0.1) is 0 Å². The molecule has 0 bridgehead atoms. The Morgan fingerprint density at radius 3 is 2.53 bits per heavy atom. The number of likely N-dealkylation sites (N-methyl/N-ethyl adjacent to an activating group) is 1. The Balaban J connectivity index is 2.42. The van der Waals surface area contributed by atoms with Crippen molar-refractivity contribution in [2.24, 2.45) is 0 Å². The molecule has 0 aromatic rings. The minimum Gasteiger partial charge on any atom is -0.352 e. The quantitative estimate of drug-likeness (QED) is 0.777. The van der Waals surface area contributed by atoms with Crippen LogP contribution in [0, 0.1) is 0 Å². The molecule has 0 aromatic carbocycles. The molecule has 1 rings (SSSR count). The van der Waals surface area contributed by atoms with Crippen molar-refractivity contribution in [3.63, 3.8) is 0 Å². The zero-order valence-electron chi connectivity index (χ0n) is 12.4. The van der Waals surface area contributed by atoms with Gasteiger partial charge < -0.3 is 10.2 Å². The summed E-state index contributed by atoms with van der Waals surface area (Å²) in [4.78, 5) is 27.5. The van der Waals surface area contributed by atoms with Gasteiger partial charge in [-0.3, -0.25) is 14.5 Å². The zero-order valence-corrected chi connectivity index (χ0v) is 12.4. The second kappa shape index (κ2) is 8.15. The van der Waals surface area contributed by atoms with Crippen molar-refractivity contribution >= 4 is 11.8 Å². The minimum atomic E-state index is 0.0990. The highest BCUT2D eigenvalue weighted by Crippen LogP contribution is 2.10. The smallest absolute Gasteiger partial charge is 0.236 e. The molecule has 1 fully saturated rings. The fraction of sp³-hybridized carbons (Fsp3) is 0.857. The maximum absolute atomic E-state index is 12.1. The summed E-state index contributed by atoms with van der Waals surface area (Å²) in [5, 5.41) is 3.02. The summed E-state index contributed by atoms with van der Waals surface area (Å²) in [5.74, 6) is 0.286. The first-order valence-electron chi connectivity index (χ1n) is 7.40. The summed E-state index contributed by atoms with van der Waals surface area (Å²) < 4.78 is 0. The van der Waals surface area contributed by atoms with Crippen LogP contribution < -0.4 is 5.32 Å². The number of rotatable bonds is 6. The van der Waals surface area contributed by atoms with Gasteiger partial charge in [0, 0.05) is 32.1 Å². The molecule has 1 unspecified atom stereocenters. The number of nitrogens with zero attached hydrogens (tertiary/aromatic N) is 2. The number of piperidine rings is 1. The predicted octanol–water partition coefficient (Wildman–Crippen LogP) is 0.845. The monoisotopic (exact) mass is 269 g/mol. The lowest BCUT2D eigenvalue weighted by Gasteiger charge is -2.33. The third-order valence-corrected chi connectivity index (χ3v) is 3.67. The SMILES string of the molecule is CCC(=O)NC1CCCN(CC(=O)N(CC)CC)C1. The number of nitrogens with one attached hydrogen (secondary N) is 1. The van der Waals surface area contributed by atoms with Crippen LogP contribution in [0.5, 0.6) is 0 Å². The average Bonchev–Trinajstić information content (AvgIpc) is 2.40. The summed E-state index contributed by atoms with van der Waals surface area (Å²) in [7, 11) is 0. The van der Waals surface area contributed by atoms with E-state index in [1.807, 2.05) is 25.7 Å². The fourth-order valence-electron chi connectivity index (χ4n) is 2.51. The first-order chi connectivity index (χ1) is 9.10. The lowest BCUT2D eigenvalue weighted by Crippen LogP contribution is -2.50. The highest BCUT2D eigenvalue weighted by molar-refractivity contribution is 5.78. The van der Waals surface area contributed by atoms with E-state index >= 15 is 0 Å². The van der Waals surface area contributed by atoms with Gasteiger partial charge in [0.05, 0.1) is 6.54 Å². The number of carbonyl (C=O) groups is 2. The third kappa shape index (κ3) is 5.19. The van der Waals surface area contributed by atoms with Crippen molar-refractivity contribution < 1.29 is 9.59 Å². The molecule has 1 aliphatic heterocycles. The van der Waals surface area contributed by atoms with Crippen LogP contribution in [0.2, 0.25) is 0 Å². The zero-order chi connectivity index (χ0) is 14.3. The fourth-order valence-corrected chi connectivity index (χ4v) is 2.51. The second-order valence-corrected chi connectivity index (χ2v) is 5.06. The van der Waals surface area contributed by atoms with Gasteiger partial charge in [-0.25, -0.2) is 0 Å². The number of hydrogen-bond donors (Lipinski definition) is 1. The molecule has 1 heterocycles. The van der Waals surface area contributed by atoms with Gasteiger partial charge in [-0.05, 0) is 33.2 Å². The van der Waals surface area contributed by atoms with E-state index < -0.39 is 0 Å². The average molecular weight is 269 g/mol. The topological polar surface area (TPSA) is 52.7 Å². The molecule has 1 aliphatic rings. The molecule has 1 N–H and O–H groups in total. The van der Waals surface area contributed by atoms with E-state index in [0.717, 1.165) is 39.0 Å². The Bertz CT molecular complexity index is 303. The highest BCUT2D eigenvalue weighted by atomic mass is 16.2. The predicted molar refractivity (Wildman–Crippen MR) is 75.8 cm³/mol. The Hall–Kier alpha value is -1.10. The number of hydrogen-bond acceptors (Lipinski definition) is 3. The van der Waals surface area contributed by atoms with Crippen molar-refractivity contribution in [2.45, 2.75) is 46.1 Å². The molecule has 0 aliphatic carbocycles. The van der Waals surface area contributed by atoms with Gasteiger partial charge in [0.15, 0.2) is 0 Å². The maximum Gasteiger partial charge on any atom is 0.236 e. The molecule has 1 saturated heterocycles. The van der Waals surface area contributed by atoms with Gasteiger partial charge in [0.25, 0.3) is 0 Å². The van der Waals surface area contributed by atoms with E-state index in [0.29, 0.717) is 13.0 Å². The van der Waals surface area contributed by atoms with Crippen LogP contribution in [0.4, 0.5) is 0 Å². The number of amides is 2. The van der Waals surface area contributed by atoms with Crippen molar-refractivity contribution in [3.8, 4) is 0 Å². The normalized spacial score (nSPS) is 20.1. The molecule has 1 atom stereocenters. The molecule has 2 amide bonds. The Kier molecular flexibility index (Phi) is 6.84. The molecule has 19 heavy (non-hydrogen) atoms. The maximum atomic E-state index is 12.1. The summed E-state index contributed by atoms with van der Waals surface area (Å²) in [6, 6.07) is 0.200. The lowest BCUT2D eigenvalue weighted by molar-refractivity contribution is -0.132. The molecule has 0 aromatic heterocycles. The summed E-state index contributed by atoms with van der Waals surface area (Å²) in [6.07, 6.45) is 2.58. The van der Waals surface area contributed by atoms with Gasteiger partial charge in [-0.1, -0.05) is 6.92 Å². The molecule has 5 heteroatoms. The first kappa shape index (κ1) is 16.0. The summed E-state index contributed by atoms with van der Waals surface area (Å²) in [5.41, 5.74) is 0. The molecular weight excluding hydrogens is 242 g/mol. The standard InChI is InChI=1S/C14H27N3O2/c1-4-13(18)15-12-8-7-9-16(10-12)11-14(19)17(5-2)6-3/h12H,4-11H2,1-3H3,(H,15,18). The van der Waals surface area contributed by atoms with Crippen molar-refractivity contribution in [3.05, 3.63) is 0 Å². The van der Waals surface area contributed by atoms with Crippen molar-refractivity contribution in [1.29, 1.82) is 0 Å².